The summed E-state index contributed by atoms with van der Waals surface area (Å²) >= 11 is 6.56. The van der Waals surface area contributed by atoms with Gasteiger partial charge < -0.3 is 18.9 Å². The molecule has 0 aliphatic heterocycles. The lowest BCUT2D eigenvalue weighted by Crippen LogP contribution is -2.30. The van der Waals surface area contributed by atoms with Crippen LogP contribution < -0.4 is 19.5 Å². The summed E-state index contributed by atoms with van der Waals surface area (Å²) in [6.45, 7) is 11.3. The monoisotopic (exact) mass is 637 g/mol. The van der Waals surface area contributed by atoms with Crippen molar-refractivity contribution in [2.45, 2.75) is 58.7 Å². The van der Waals surface area contributed by atoms with Gasteiger partial charge in [0.15, 0.2) is 22.2 Å². The first-order chi connectivity index (χ1) is 22.2. The lowest BCUT2D eigenvalue weighted by molar-refractivity contribution is -0.0475. The summed E-state index contributed by atoms with van der Waals surface area (Å²) in [6, 6.07) is 13.3. The number of H-pyrrole nitrogens is 1. The van der Waals surface area contributed by atoms with Gasteiger partial charge in [0.1, 0.15) is 18.3 Å². The number of methoxy groups -OCH3 is 1. The Kier molecular flexibility index (Phi) is 11.6. The molecule has 0 spiro atoms. The van der Waals surface area contributed by atoms with Gasteiger partial charge in [-0.05, 0) is 78.4 Å². The van der Waals surface area contributed by atoms with E-state index in [2.05, 4.69) is 95.7 Å². The number of para-hydroxylation sites is 2. The Morgan fingerprint density at radius 1 is 1.07 bits per heavy atom. The Morgan fingerprint density at radius 2 is 1.80 bits per heavy atom. The summed E-state index contributed by atoms with van der Waals surface area (Å²) < 4.78 is 25.0. The van der Waals surface area contributed by atoms with Crippen LogP contribution in [0.25, 0.3) is 5.65 Å². The summed E-state index contributed by atoms with van der Waals surface area (Å²) in [4.78, 5) is 4.64. The third-order valence-electron chi connectivity index (χ3n) is 7.25. The molecular formula is C36H36ClN5O4. The van der Waals surface area contributed by atoms with E-state index in [0.29, 0.717) is 35.3 Å². The normalized spacial score (nSPS) is 12.0. The summed E-state index contributed by atoms with van der Waals surface area (Å²) in [5.74, 6) is 20.8. The first-order valence-corrected chi connectivity index (χ1v) is 15.1. The van der Waals surface area contributed by atoms with Crippen molar-refractivity contribution in [3.63, 3.8) is 0 Å². The quantitative estimate of drug-likeness (QED) is 0.102. The van der Waals surface area contributed by atoms with Crippen LogP contribution in [0.3, 0.4) is 0 Å². The van der Waals surface area contributed by atoms with Gasteiger partial charge in [0.05, 0.1) is 7.11 Å². The van der Waals surface area contributed by atoms with E-state index in [1.807, 2.05) is 31.2 Å². The summed E-state index contributed by atoms with van der Waals surface area (Å²) in [5, 5.41) is 11.1. The zero-order valence-electron chi connectivity index (χ0n) is 26.7. The molecule has 9 nitrogen and oxygen atoms in total. The molecule has 0 aliphatic rings. The maximum atomic E-state index is 6.56. The number of ether oxygens (including phenoxy) is 4. The van der Waals surface area contributed by atoms with Crippen LogP contribution in [0.2, 0.25) is 5.02 Å². The molecule has 0 amide bonds. The zero-order chi connectivity index (χ0) is 33.1. The van der Waals surface area contributed by atoms with E-state index in [1.54, 1.807) is 19.2 Å². The van der Waals surface area contributed by atoms with Crippen molar-refractivity contribution in [3.8, 4) is 71.0 Å². The van der Waals surface area contributed by atoms with E-state index in [9.17, 15) is 0 Å². The average molecular weight is 638 g/mol. The highest BCUT2D eigenvalue weighted by Gasteiger charge is 2.24. The van der Waals surface area contributed by atoms with Gasteiger partial charge in [-0.1, -0.05) is 69.1 Å². The number of fused-ring (bicyclic) bond motifs is 1. The second-order valence-corrected chi connectivity index (χ2v) is 11.4. The molecule has 0 saturated carbocycles. The lowest BCUT2D eigenvalue weighted by atomic mass is 9.81. The number of benzene rings is 2. The number of rotatable bonds is 13. The summed E-state index contributed by atoms with van der Waals surface area (Å²) in [5.41, 5.74) is 2.57. The minimum atomic E-state index is -0.890. The number of nitrogens with one attached hydrogen (secondary N) is 2. The molecule has 2 N–H and O–H groups in total. The highest BCUT2D eigenvalue weighted by atomic mass is 35.5. The van der Waals surface area contributed by atoms with E-state index in [1.165, 1.54) is 4.63 Å². The maximum Gasteiger partial charge on any atom is 0.266 e. The second kappa shape index (κ2) is 15.8. The molecule has 4 rings (SSSR count). The number of hydrogen-bond donors (Lipinski definition) is 2. The van der Waals surface area contributed by atoms with Crippen molar-refractivity contribution in [1.82, 2.24) is 25.1 Å². The van der Waals surface area contributed by atoms with Gasteiger partial charge in [0, 0.05) is 18.0 Å². The van der Waals surface area contributed by atoms with Crippen molar-refractivity contribution < 1.29 is 18.9 Å². The summed E-state index contributed by atoms with van der Waals surface area (Å²) in [6.07, 6.45) is 5.18. The molecular weight excluding hydrogens is 602 g/mol. The predicted molar refractivity (Wildman–Crippen MR) is 179 cm³/mol. The molecule has 0 radical (unpaired) electrons. The van der Waals surface area contributed by atoms with E-state index in [0.717, 1.165) is 17.5 Å². The Bertz CT molecular complexity index is 1900. The highest BCUT2D eigenvalue weighted by Crippen LogP contribution is 2.37. The van der Waals surface area contributed by atoms with Crippen molar-refractivity contribution >= 4 is 17.2 Å². The standard InChI is InChI=1S/C36H36ClN5O4/c1-8-10-11-12-13-14-19-31(45-28-21-20-25(3)22-27(28)36(5,6)9-2)44-24-38-23-26(4)33-39-34-32(37)35(41-42(34)40-33)46-30-18-16-15-17-29(30)43-7/h1,15-18,20-22,26,31,38H,9,23-24H2,2-7H3,(H,39,40). The second-order valence-electron chi connectivity index (χ2n) is 11.0. The summed E-state index contributed by atoms with van der Waals surface area (Å²) in [7, 11) is 1.57. The van der Waals surface area contributed by atoms with E-state index < -0.39 is 6.29 Å². The average Bonchev–Trinajstić information content (AvgIpc) is 3.60. The fourth-order valence-corrected chi connectivity index (χ4v) is 4.50. The lowest BCUT2D eigenvalue weighted by Gasteiger charge is -2.27. The first-order valence-electron chi connectivity index (χ1n) is 14.7. The number of nitrogens with zero attached hydrogens (tertiary/aromatic N) is 3. The number of hydrogen-bond acceptors (Lipinski definition) is 7. The molecule has 0 aliphatic carbocycles. The van der Waals surface area contributed by atoms with Gasteiger partial charge in [0.25, 0.3) is 12.2 Å². The Morgan fingerprint density at radius 3 is 2.52 bits per heavy atom. The molecule has 2 aromatic heterocycles. The zero-order valence-corrected chi connectivity index (χ0v) is 27.5. The van der Waals surface area contributed by atoms with Gasteiger partial charge in [-0.15, -0.1) is 16.2 Å². The Labute approximate surface area is 275 Å². The number of aromatic nitrogens is 4. The van der Waals surface area contributed by atoms with Gasteiger partial charge in [-0.3, -0.25) is 10.4 Å². The molecule has 236 valence electrons. The van der Waals surface area contributed by atoms with Crippen LogP contribution in [0.15, 0.2) is 42.5 Å². The van der Waals surface area contributed by atoms with Crippen LogP contribution in [-0.2, 0) is 10.2 Å². The predicted octanol–water partition coefficient (Wildman–Crippen LogP) is 6.22. The van der Waals surface area contributed by atoms with E-state index in [4.69, 9.17) is 37.0 Å². The van der Waals surface area contributed by atoms with Crippen LogP contribution in [0, 0.1) is 54.8 Å². The van der Waals surface area contributed by atoms with Crippen molar-refractivity contribution in [2.24, 2.45) is 0 Å². The number of aromatic amines is 1. The topological polar surface area (TPSA) is 94.9 Å². The van der Waals surface area contributed by atoms with Gasteiger partial charge >= 0.3 is 0 Å². The third kappa shape index (κ3) is 8.57. The molecule has 0 fully saturated rings. The molecule has 2 unspecified atom stereocenters. The van der Waals surface area contributed by atoms with E-state index in [-0.39, 0.29) is 29.0 Å². The SMILES string of the molecule is C#CC#CC#CC#CC(OCNCC(C)c1nc2c(Cl)c(Oc3ccccc3OC)nn2[nH]1)Oc1ccc(C)cc1C(C)(C)CC. The Balaban J connectivity index is 1.41. The van der Waals surface area contributed by atoms with Crippen LogP contribution in [-0.4, -0.2) is 46.5 Å². The van der Waals surface area contributed by atoms with Crippen LogP contribution >= 0.6 is 11.6 Å². The fraction of sp³-hybridized carbons (Fsp3) is 0.333. The largest absolute Gasteiger partial charge is 0.493 e. The molecule has 46 heavy (non-hydrogen) atoms. The van der Waals surface area contributed by atoms with Crippen LogP contribution in [0.5, 0.6) is 23.1 Å². The molecule has 2 aromatic carbocycles. The van der Waals surface area contributed by atoms with Crippen LogP contribution in [0.4, 0.5) is 0 Å². The third-order valence-corrected chi connectivity index (χ3v) is 7.58. The molecule has 4 aromatic rings. The minimum absolute atomic E-state index is 0.0416. The molecule has 0 saturated heterocycles. The van der Waals surface area contributed by atoms with Crippen LogP contribution in [0.1, 0.15) is 57.0 Å². The number of aryl methyl sites for hydroxylation is 1. The number of halogens is 1. The van der Waals surface area contributed by atoms with Gasteiger partial charge in [-0.2, -0.15) is 0 Å². The molecule has 10 heteroatoms. The fourth-order valence-electron chi connectivity index (χ4n) is 4.30. The molecule has 2 heterocycles. The van der Waals surface area contributed by atoms with Gasteiger partial charge in [-0.25, -0.2) is 4.98 Å². The van der Waals surface area contributed by atoms with Crippen molar-refractivity contribution in [1.29, 1.82) is 0 Å². The molecule has 2 atom stereocenters. The van der Waals surface area contributed by atoms with Crippen molar-refractivity contribution in [3.05, 3.63) is 64.4 Å². The number of terminal acetylenes is 1. The maximum absolute atomic E-state index is 6.56. The highest BCUT2D eigenvalue weighted by molar-refractivity contribution is 6.34. The molecule has 0 bridgehead atoms. The van der Waals surface area contributed by atoms with Crippen molar-refractivity contribution in [2.75, 3.05) is 20.4 Å². The Hall–Kier alpha value is -5.03. The van der Waals surface area contributed by atoms with Gasteiger partial charge in [0.2, 0.25) is 0 Å². The van der Waals surface area contributed by atoms with E-state index >= 15 is 0 Å². The minimum Gasteiger partial charge on any atom is -0.493 e. The first kappa shape index (κ1) is 33.9. The smallest absolute Gasteiger partial charge is 0.266 e.